The number of sulfonamides is 1. The average molecular weight is 346 g/mol. The van der Waals surface area contributed by atoms with E-state index in [1.807, 2.05) is 19.2 Å². The molecule has 0 saturated heterocycles. The zero-order valence-electron chi connectivity index (χ0n) is 12.8. The standard InChI is InChI=1S/C16H15FN4O2S/c1-21-16(6-7-19-21)13-8-12(9-18-11-13)10-20-24(22,23)15-4-2-14(17)3-5-15/h2-9,11,20H,10H2,1H3. The van der Waals surface area contributed by atoms with Crippen molar-refractivity contribution >= 4 is 10.0 Å². The van der Waals surface area contributed by atoms with Gasteiger partial charge < -0.3 is 0 Å². The van der Waals surface area contributed by atoms with Crippen molar-refractivity contribution in [1.29, 1.82) is 0 Å². The minimum Gasteiger partial charge on any atom is -0.268 e. The third-order valence-electron chi connectivity index (χ3n) is 3.50. The molecule has 0 fully saturated rings. The van der Waals surface area contributed by atoms with Crippen LogP contribution in [0.15, 0.2) is 59.9 Å². The van der Waals surface area contributed by atoms with Gasteiger partial charge in [-0.15, -0.1) is 0 Å². The summed E-state index contributed by atoms with van der Waals surface area (Å²) >= 11 is 0. The molecule has 3 aromatic rings. The van der Waals surface area contributed by atoms with Crippen molar-refractivity contribution in [2.24, 2.45) is 7.05 Å². The molecule has 0 aliphatic heterocycles. The fourth-order valence-electron chi connectivity index (χ4n) is 2.26. The Bertz CT molecular complexity index is 952. The molecule has 0 amide bonds. The van der Waals surface area contributed by atoms with E-state index >= 15 is 0 Å². The summed E-state index contributed by atoms with van der Waals surface area (Å²) in [6.07, 6.45) is 4.96. The van der Waals surface area contributed by atoms with Crippen molar-refractivity contribution < 1.29 is 12.8 Å². The van der Waals surface area contributed by atoms with Crippen molar-refractivity contribution in [3.8, 4) is 11.3 Å². The van der Waals surface area contributed by atoms with Crippen LogP contribution in [0.3, 0.4) is 0 Å². The highest BCUT2D eigenvalue weighted by molar-refractivity contribution is 7.89. The molecule has 0 unspecified atom stereocenters. The Kier molecular flexibility index (Phi) is 4.41. The molecule has 2 heterocycles. The van der Waals surface area contributed by atoms with Gasteiger partial charge >= 0.3 is 0 Å². The van der Waals surface area contributed by atoms with E-state index in [1.165, 1.54) is 12.1 Å². The molecular formula is C16H15FN4O2S. The summed E-state index contributed by atoms with van der Waals surface area (Å²) in [6, 6.07) is 8.36. The first-order valence-electron chi connectivity index (χ1n) is 7.13. The van der Waals surface area contributed by atoms with Gasteiger partial charge in [0.05, 0.1) is 10.6 Å². The minimum absolute atomic E-state index is 0.0136. The third-order valence-corrected chi connectivity index (χ3v) is 4.92. The summed E-state index contributed by atoms with van der Waals surface area (Å²) in [5.41, 5.74) is 2.43. The highest BCUT2D eigenvalue weighted by atomic mass is 32.2. The quantitative estimate of drug-likeness (QED) is 0.767. The number of pyridine rings is 1. The summed E-state index contributed by atoms with van der Waals surface area (Å²) in [6.45, 7) is 0.0817. The first-order valence-corrected chi connectivity index (χ1v) is 8.61. The lowest BCUT2D eigenvalue weighted by Crippen LogP contribution is -2.23. The van der Waals surface area contributed by atoms with E-state index in [1.54, 1.807) is 23.3 Å². The van der Waals surface area contributed by atoms with Gasteiger partial charge in [-0.05, 0) is 42.0 Å². The average Bonchev–Trinajstić information content (AvgIpc) is 3.00. The number of nitrogens with one attached hydrogen (secondary N) is 1. The maximum Gasteiger partial charge on any atom is 0.240 e. The van der Waals surface area contributed by atoms with E-state index < -0.39 is 15.8 Å². The van der Waals surface area contributed by atoms with Crippen molar-refractivity contribution in [1.82, 2.24) is 19.5 Å². The molecule has 24 heavy (non-hydrogen) atoms. The summed E-state index contributed by atoms with van der Waals surface area (Å²) in [7, 11) is -1.89. The highest BCUT2D eigenvalue weighted by Gasteiger charge is 2.14. The van der Waals surface area contributed by atoms with Gasteiger partial charge in [-0.1, -0.05) is 0 Å². The zero-order valence-corrected chi connectivity index (χ0v) is 13.7. The van der Waals surface area contributed by atoms with Crippen LogP contribution in [0.4, 0.5) is 4.39 Å². The van der Waals surface area contributed by atoms with Gasteiger partial charge in [-0.3, -0.25) is 9.67 Å². The van der Waals surface area contributed by atoms with Gasteiger partial charge in [0, 0.05) is 37.7 Å². The van der Waals surface area contributed by atoms with E-state index in [0.29, 0.717) is 5.56 Å². The van der Waals surface area contributed by atoms with Crippen LogP contribution < -0.4 is 4.72 Å². The second-order valence-electron chi connectivity index (χ2n) is 5.20. The van der Waals surface area contributed by atoms with Crippen molar-refractivity contribution in [2.45, 2.75) is 11.4 Å². The van der Waals surface area contributed by atoms with E-state index in [0.717, 1.165) is 23.4 Å². The molecule has 124 valence electrons. The van der Waals surface area contributed by atoms with Crippen LogP contribution in [0.1, 0.15) is 5.56 Å². The normalized spacial score (nSPS) is 11.6. The van der Waals surface area contributed by atoms with Gasteiger partial charge in [0.2, 0.25) is 10.0 Å². The Morgan fingerprint density at radius 2 is 1.92 bits per heavy atom. The number of nitrogens with zero attached hydrogens (tertiary/aromatic N) is 3. The second-order valence-corrected chi connectivity index (χ2v) is 6.97. The molecule has 0 saturated carbocycles. The predicted molar refractivity (Wildman–Crippen MR) is 86.9 cm³/mol. The summed E-state index contributed by atoms with van der Waals surface area (Å²) in [5, 5.41) is 4.10. The Hall–Kier alpha value is -2.58. The lowest BCUT2D eigenvalue weighted by atomic mass is 10.1. The zero-order chi connectivity index (χ0) is 17.2. The van der Waals surface area contributed by atoms with Gasteiger partial charge in [0.15, 0.2) is 0 Å². The molecule has 0 atom stereocenters. The van der Waals surface area contributed by atoms with Crippen molar-refractivity contribution in [3.63, 3.8) is 0 Å². The fourth-order valence-corrected chi connectivity index (χ4v) is 3.27. The summed E-state index contributed by atoms with van der Waals surface area (Å²) < 4.78 is 41.5. The molecular weight excluding hydrogens is 331 g/mol. The summed E-state index contributed by atoms with van der Waals surface area (Å²) in [5.74, 6) is -0.484. The van der Waals surface area contributed by atoms with E-state index in [2.05, 4.69) is 14.8 Å². The van der Waals surface area contributed by atoms with Crippen LogP contribution in [0.25, 0.3) is 11.3 Å². The Labute approximate surface area is 139 Å². The maximum atomic E-state index is 12.9. The molecule has 0 radical (unpaired) electrons. The molecule has 8 heteroatoms. The van der Waals surface area contributed by atoms with E-state index in [9.17, 15) is 12.8 Å². The molecule has 3 rings (SSSR count). The summed E-state index contributed by atoms with van der Waals surface area (Å²) in [4.78, 5) is 4.15. The van der Waals surface area contributed by atoms with Gasteiger partial charge in [0.25, 0.3) is 0 Å². The number of halogens is 1. The first-order chi connectivity index (χ1) is 11.5. The van der Waals surface area contributed by atoms with E-state index in [-0.39, 0.29) is 11.4 Å². The maximum absolute atomic E-state index is 12.9. The van der Waals surface area contributed by atoms with Crippen molar-refractivity contribution in [3.05, 3.63) is 66.4 Å². The molecule has 0 bridgehead atoms. The molecule has 1 N–H and O–H groups in total. The van der Waals surface area contributed by atoms with Crippen LogP contribution in [0.2, 0.25) is 0 Å². The number of rotatable bonds is 5. The SMILES string of the molecule is Cn1nccc1-c1cncc(CNS(=O)(=O)c2ccc(F)cc2)c1. The smallest absolute Gasteiger partial charge is 0.240 e. The molecule has 2 aromatic heterocycles. The van der Waals surface area contributed by atoms with E-state index in [4.69, 9.17) is 0 Å². The Morgan fingerprint density at radius 3 is 2.58 bits per heavy atom. The minimum atomic E-state index is -3.71. The number of hydrogen-bond acceptors (Lipinski definition) is 4. The van der Waals surface area contributed by atoms with Gasteiger partial charge in [-0.2, -0.15) is 5.10 Å². The van der Waals surface area contributed by atoms with Crippen LogP contribution >= 0.6 is 0 Å². The molecule has 6 nitrogen and oxygen atoms in total. The molecule has 0 spiro atoms. The number of aryl methyl sites for hydroxylation is 1. The van der Waals surface area contributed by atoms with Crippen LogP contribution in [-0.4, -0.2) is 23.2 Å². The van der Waals surface area contributed by atoms with Crippen LogP contribution in [0.5, 0.6) is 0 Å². The Morgan fingerprint density at radius 1 is 1.17 bits per heavy atom. The lowest BCUT2D eigenvalue weighted by molar-refractivity contribution is 0.580. The lowest BCUT2D eigenvalue weighted by Gasteiger charge is -2.08. The Balaban J connectivity index is 1.77. The first kappa shape index (κ1) is 16.3. The number of hydrogen-bond donors (Lipinski definition) is 1. The monoisotopic (exact) mass is 346 g/mol. The highest BCUT2D eigenvalue weighted by Crippen LogP contribution is 2.18. The van der Waals surface area contributed by atoms with Gasteiger partial charge in [0.1, 0.15) is 5.82 Å². The number of benzene rings is 1. The largest absolute Gasteiger partial charge is 0.268 e. The van der Waals surface area contributed by atoms with Crippen LogP contribution in [0, 0.1) is 5.82 Å². The third kappa shape index (κ3) is 3.50. The van der Waals surface area contributed by atoms with Gasteiger partial charge in [-0.25, -0.2) is 17.5 Å². The topological polar surface area (TPSA) is 76.9 Å². The molecule has 0 aliphatic rings. The van der Waals surface area contributed by atoms with Crippen LogP contribution in [-0.2, 0) is 23.6 Å². The molecule has 0 aliphatic carbocycles. The van der Waals surface area contributed by atoms with Crippen molar-refractivity contribution in [2.75, 3.05) is 0 Å². The fraction of sp³-hybridized carbons (Fsp3) is 0.125. The number of aromatic nitrogens is 3. The second kappa shape index (κ2) is 6.50. The predicted octanol–water partition coefficient (Wildman–Crippen LogP) is 2.10. The molecule has 1 aromatic carbocycles.